The summed E-state index contributed by atoms with van der Waals surface area (Å²) in [5, 5.41) is 17.9. The van der Waals surface area contributed by atoms with Gasteiger partial charge in [-0.2, -0.15) is 0 Å². The molecule has 220 valence electrons. The second-order valence-corrected chi connectivity index (χ2v) is 10.5. The lowest BCUT2D eigenvalue weighted by molar-refractivity contribution is -0.134. The monoisotopic (exact) mass is 568 g/mol. The van der Waals surface area contributed by atoms with E-state index in [1.807, 2.05) is 32.0 Å². The molecule has 41 heavy (non-hydrogen) atoms. The van der Waals surface area contributed by atoms with Crippen LogP contribution in [0.3, 0.4) is 0 Å². The van der Waals surface area contributed by atoms with Gasteiger partial charge in [-0.15, -0.1) is 0 Å². The summed E-state index contributed by atoms with van der Waals surface area (Å²) in [5.41, 5.74) is 3.34. The number of phenols is 1. The summed E-state index contributed by atoms with van der Waals surface area (Å²) >= 11 is 0. The van der Waals surface area contributed by atoms with Crippen molar-refractivity contribution in [3.8, 4) is 5.75 Å². The summed E-state index contributed by atoms with van der Waals surface area (Å²) in [7, 11) is 0. The quantitative estimate of drug-likeness (QED) is 0.289. The number of benzene rings is 2. The van der Waals surface area contributed by atoms with Gasteiger partial charge in [-0.05, 0) is 47.6 Å². The number of carbonyl (C=O) groups excluding carboxylic acids is 4. The van der Waals surface area contributed by atoms with Crippen molar-refractivity contribution in [2.45, 2.75) is 64.2 Å². The van der Waals surface area contributed by atoms with Gasteiger partial charge in [0.05, 0.1) is 12.3 Å². The fraction of sp³-hybridized carbons (Fsp3) is 0.467. The largest absolute Gasteiger partial charge is 0.508 e. The third-order valence-corrected chi connectivity index (χ3v) is 7.70. The molecule has 4 atom stereocenters. The Morgan fingerprint density at radius 3 is 2.59 bits per heavy atom. The standard InChI is InChI=1S/C30H37FN4O6/c1-3-18(2)26(34-25(37)17-41-14-13-31)29(39)33-23-12-9-20-5-4-6-21-15-24(35(27(20)21)30(23)40)28(38)32-16-19-7-10-22(36)11-8-19/h4-8,10-11,18,23-24,26,36H,3,9,12-17H2,1-2H3,(H,32,38)(H,33,39)(H,34,37)/t18-,23-,24-,26-/m0/s1. The van der Waals surface area contributed by atoms with Gasteiger partial charge in [-0.25, -0.2) is 4.39 Å². The van der Waals surface area contributed by atoms with Crippen molar-refractivity contribution in [2.24, 2.45) is 5.92 Å². The van der Waals surface area contributed by atoms with Crippen molar-refractivity contribution in [1.82, 2.24) is 16.0 Å². The summed E-state index contributed by atoms with van der Waals surface area (Å²) in [6.45, 7) is 2.62. The number of aryl methyl sites for hydroxylation is 1. The molecular weight excluding hydrogens is 531 g/mol. The van der Waals surface area contributed by atoms with Gasteiger partial charge in [0, 0.05) is 13.0 Å². The number of alkyl halides is 1. The number of aromatic hydroxyl groups is 1. The van der Waals surface area contributed by atoms with Gasteiger partial charge in [-0.3, -0.25) is 24.1 Å². The van der Waals surface area contributed by atoms with Crippen LogP contribution in [0.2, 0.25) is 0 Å². The first-order valence-corrected chi connectivity index (χ1v) is 14.0. The molecule has 2 aliphatic heterocycles. The van der Waals surface area contributed by atoms with Crippen LogP contribution in [0.25, 0.3) is 0 Å². The highest BCUT2D eigenvalue weighted by molar-refractivity contribution is 6.08. The number of rotatable bonds is 12. The number of carbonyl (C=O) groups is 4. The maximum Gasteiger partial charge on any atom is 0.250 e. The van der Waals surface area contributed by atoms with Gasteiger partial charge in [0.15, 0.2) is 0 Å². The first-order valence-electron chi connectivity index (χ1n) is 14.0. The zero-order valence-electron chi connectivity index (χ0n) is 23.3. The molecule has 4 rings (SSSR count). The van der Waals surface area contributed by atoms with E-state index >= 15 is 0 Å². The lowest BCUT2D eigenvalue weighted by Crippen LogP contribution is -2.58. The summed E-state index contributed by atoms with van der Waals surface area (Å²) in [5.74, 6) is -1.87. The molecular formula is C30H37FN4O6. The molecule has 2 aromatic rings. The molecule has 0 saturated heterocycles. The fourth-order valence-corrected chi connectivity index (χ4v) is 5.29. The summed E-state index contributed by atoms with van der Waals surface area (Å²) in [4.78, 5) is 54.6. The molecule has 10 nitrogen and oxygen atoms in total. The number of para-hydroxylation sites is 1. The van der Waals surface area contributed by atoms with Gasteiger partial charge < -0.3 is 25.8 Å². The summed E-state index contributed by atoms with van der Waals surface area (Å²) in [6.07, 6.45) is 1.80. The Labute approximate surface area is 238 Å². The van der Waals surface area contributed by atoms with Crippen LogP contribution in [0, 0.1) is 5.92 Å². The Hall–Kier alpha value is -3.99. The van der Waals surface area contributed by atoms with E-state index in [1.165, 1.54) is 17.0 Å². The minimum Gasteiger partial charge on any atom is -0.508 e. The number of halogens is 1. The Bertz CT molecular complexity index is 1270. The average Bonchev–Trinajstić information content (AvgIpc) is 3.31. The molecule has 0 spiro atoms. The van der Waals surface area contributed by atoms with Crippen LogP contribution in [-0.2, 0) is 43.3 Å². The summed E-state index contributed by atoms with van der Waals surface area (Å²) < 4.78 is 17.3. The number of phenolic OH excluding ortho intramolecular Hbond substituents is 1. The molecule has 0 fully saturated rings. The smallest absolute Gasteiger partial charge is 0.250 e. The number of hydrogen-bond donors (Lipinski definition) is 4. The zero-order chi connectivity index (χ0) is 29.5. The van der Waals surface area contributed by atoms with E-state index in [4.69, 9.17) is 4.74 Å². The molecule has 0 aliphatic carbocycles. The van der Waals surface area contributed by atoms with E-state index in [9.17, 15) is 28.7 Å². The molecule has 0 radical (unpaired) electrons. The van der Waals surface area contributed by atoms with Crippen LogP contribution >= 0.6 is 0 Å². The highest BCUT2D eigenvalue weighted by Gasteiger charge is 2.44. The van der Waals surface area contributed by atoms with Crippen LogP contribution in [0.1, 0.15) is 43.4 Å². The minimum atomic E-state index is -0.918. The lowest BCUT2D eigenvalue weighted by Gasteiger charge is -2.30. The first kappa shape index (κ1) is 30.0. The highest BCUT2D eigenvalue weighted by Crippen LogP contribution is 2.39. The molecule has 2 heterocycles. The fourth-order valence-electron chi connectivity index (χ4n) is 5.29. The van der Waals surface area contributed by atoms with Gasteiger partial charge >= 0.3 is 0 Å². The van der Waals surface area contributed by atoms with Crippen molar-refractivity contribution in [3.63, 3.8) is 0 Å². The third-order valence-electron chi connectivity index (χ3n) is 7.70. The minimum absolute atomic E-state index is 0.127. The topological polar surface area (TPSA) is 137 Å². The van der Waals surface area contributed by atoms with Crippen molar-refractivity contribution < 1.29 is 33.4 Å². The van der Waals surface area contributed by atoms with E-state index in [0.717, 1.165) is 22.4 Å². The molecule has 4 amide bonds. The van der Waals surface area contributed by atoms with E-state index in [0.29, 0.717) is 25.7 Å². The number of nitrogens with zero attached hydrogens (tertiary/aromatic N) is 1. The Balaban J connectivity index is 1.50. The number of hydrogen-bond acceptors (Lipinski definition) is 6. The van der Waals surface area contributed by atoms with Crippen LogP contribution in [0.5, 0.6) is 5.75 Å². The van der Waals surface area contributed by atoms with Gasteiger partial charge in [0.25, 0.3) is 0 Å². The molecule has 0 bridgehead atoms. The Morgan fingerprint density at radius 1 is 1.15 bits per heavy atom. The van der Waals surface area contributed by atoms with Gasteiger partial charge in [0.1, 0.15) is 37.2 Å². The number of ether oxygens (including phenoxy) is 1. The molecule has 11 heteroatoms. The predicted molar refractivity (Wildman–Crippen MR) is 150 cm³/mol. The second kappa shape index (κ2) is 13.6. The summed E-state index contributed by atoms with van der Waals surface area (Å²) in [6, 6.07) is 9.63. The van der Waals surface area contributed by atoms with E-state index in [-0.39, 0.29) is 43.2 Å². The normalized spacial score (nSPS) is 19.1. The number of anilines is 1. The van der Waals surface area contributed by atoms with Crippen LogP contribution in [-0.4, -0.2) is 66.7 Å². The van der Waals surface area contributed by atoms with Crippen molar-refractivity contribution >= 4 is 29.3 Å². The van der Waals surface area contributed by atoms with E-state index < -0.39 is 36.6 Å². The molecule has 0 unspecified atom stereocenters. The maximum atomic E-state index is 14.0. The van der Waals surface area contributed by atoms with Gasteiger partial charge in [-0.1, -0.05) is 50.6 Å². The van der Waals surface area contributed by atoms with Crippen molar-refractivity contribution in [2.75, 3.05) is 24.8 Å². The molecule has 4 N–H and O–H groups in total. The Morgan fingerprint density at radius 2 is 1.88 bits per heavy atom. The zero-order valence-corrected chi connectivity index (χ0v) is 23.3. The average molecular weight is 569 g/mol. The molecule has 0 aromatic heterocycles. The van der Waals surface area contributed by atoms with Crippen LogP contribution < -0.4 is 20.9 Å². The van der Waals surface area contributed by atoms with Crippen molar-refractivity contribution in [3.05, 3.63) is 59.2 Å². The van der Waals surface area contributed by atoms with Gasteiger partial charge in [0.2, 0.25) is 23.6 Å². The number of nitrogens with one attached hydrogen (secondary N) is 3. The van der Waals surface area contributed by atoms with Crippen LogP contribution in [0.4, 0.5) is 10.1 Å². The van der Waals surface area contributed by atoms with Crippen LogP contribution in [0.15, 0.2) is 42.5 Å². The second-order valence-electron chi connectivity index (χ2n) is 10.5. The third kappa shape index (κ3) is 7.02. The first-order chi connectivity index (χ1) is 19.7. The van der Waals surface area contributed by atoms with E-state index in [2.05, 4.69) is 16.0 Å². The molecule has 0 saturated carbocycles. The SMILES string of the molecule is CC[C@H](C)[C@H](NC(=O)COCCF)C(=O)N[C@H]1CCc2cccc3c2N(C1=O)[C@H](C(=O)NCc1ccc(O)cc1)C3. The molecule has 2 aliphatic rings. The van der Waals surface area contributed by atoms with E-state index in [1.54, 1.807) is 12.1 Å². The van der Waals surface area contributed by atoms with Crippen molar-refractivity contribution in [1.29, 1.82) is 0 Å². The Kier molecular flexibility index (Phi) is 9.93. The lowest BCUT2D eigenvalue weighted by atomic mass is 9.97. The number of amides is 4. The maximum absolute atomic E-state index is 14.0. The highest BCUT2D eigenvalue weighted by atomic mass is 19.1. The predicted octanol–water partition coefficient (Wildman–Crippen LogP) is 1.91. The molecule has 2 aromatic carbocycles.